The number of nitrogens with one attached hydrogen (secondary N) is 2. The maximum Gasteiger partial charge on any atom is 0.267 e. The highest BCUT2D eigenvalue weighted by Gasteiger charge is 2.20. The minimum atomic E-state index is -0.381. The molecule has 2 saturated heterocycles. The van der Waals surface area contributed by atoms with Crippen LogP contribution in [0.3, 0.4) is 0 Å². The number of nitrogens with zero attached hydrogens (tertiary/aromatic N) is 3. The Morgan fingerprint density at radius 2 is 2.18 bits per heavy atom. The average Bonchev–Trinajstić information content (AvgIpc) is 2.87. The molecule has 2 aliphatic heterocycles. The maximum absolute atomic E-state index is 13.4. The van der Waals surface area contributed by atoms with Crippen LogP contribution in [0.5, 0.6) is 0 Å². The smallest absolute Gasteiger partial charge is 0.267 e. The van der Waals surface area contributed by atoms with Gasteiger partial charge in [0.05, 0.1) is 18.1 Å². The summed E-state index contributed by atoms with van der Waals surface area (Å²) < 4.78 is 18.8. The van der Waals surface area contributed by atoms with E-state index in [0.717, 1.165) is 63.7 Å². The van der Waals surface area contributed by atoms with Crippen LogP contribution in [0.1, 0.15) is 43.4 Å². The standard InChI is InChI=1S/C25H32FN5O3/c26-20-6-3-5-19(15-20)11-13-31-12-4-7-22(18-31)29-23-17-27-21(16-28-23)9-10-24(32)30-34-25-8-1-2-14-33-25/h3,5-6,9-10,15-17,22,25H,1-2,4,7-8,11-14,18H2,(H,28,29)(H,30,32)/t22-,25?/m1/s1. The highest BCUT2D eigenvalue weighted by molar-refractivity contribution is 5.90. The van der Waals surface area contributed by atoms with Gasteiger partial charge in [-0.2, -0.15) is 0 Å². The molecule has 2 N–H and O–H groups in total. The molecule has 1 aromatic heterocycles. The number of rotatable bonds is 9. The SMILES string of the molecule is O=C(C=Cc1cnc(N[C@@H]2CCCN(CCc3cccc(F)c3)C2)cn1)NOC1CCCCO1. The van der Waals surface area contributed by atoms with E-state index in [4.69, 9.17) is 9.57 Å². The highest BCUT2D eigenvalue weighted by Crippen LogP contribution is 2.16. The van der Waals surface area contributed by atoms with Crippen LogP contribution in [-0.4, -0.2) is 59.3 Å². The lowest BCUT2D eigenvalue weighted by Gasteiger charge is -2.33. The first-order chi connectivity index (χ1) is 16.6. The van der Waals surface area contributed by atoms with Crippen LogP contribution in [0.25, 0.3) is 6.08 Å². The van der Waals surface area contributed by atoms with Gasteiger partial charge in [-0.3, -0.25) is 9.78 Å². The van der Waals surface area contributed by atoms with Gasteiger partial charge in [0, 0.05) is 38.2 Å². The molecule has 0 aliphatic carbocycles. The van der Waals surface area contributed by atoms with Crippen molar-refractivity contribution in [2.45, 2.75) is 50.9 Å². The van der Waals surface area contributed by atoms with Gasteiger partial charge in [-0.25, -0.2) is 19.7 Å². The molecule has 1 unspecified atom stereocenters. The molecule has 1 aromatic carbocycles. The minimum absolute atomic E-state index is 0.185. The first-order valence-corrected chi connectivity index (χ1v) is 11.9. The molecule has 2 atom stereocenters. The number of carbonyl (C=O) groups is 1. The van der Waals surface area contributed by atoms with Gasteiger partial charge in [-0.1, -0.05) is 12.1 Å². The normalized spacial score (nSPS) is 21.4. The predicted octanol–water partition coefficient (Wildman–Crippen LogP) is 3.32. The fraction of sp³-hybridized carbons (Fsp3) is 0.480. The predicted molar refractivity (Wildman–Crippen MR) is 127 cm³/mol. The molecular weight excluding hydrogens is 437 g/mol. The van der Waals surface area contributed by atoms with Crippen molar-refractivity contribution in [3.63, 3.8) is 0 Å². The van der Waals surface area contributed by atoms with Crippen molar-refractivity contribution in [3.05, 3.63) is 59.8 Å². The molecule has 9 heteroatoms. The first-order valence-electron chi connectivity index (χ1n) is 11.9. The molecule has 1 amide bonds. The summed E-state index contributed by atoms with van der Waals surface area (Å²) in [5.41, 5.74) is 3.98. The number of carbonyl (C=O) groups excluding carboxylic acids is 1. The van der Waals surface area contributed by atoms with Gasteiger partial charge >= 0.3 is 0 Å². The Morgan fingerprint density at radius 1 is 1.24 bits per heavy atom. The maximum atomic E-state index is 13.4. The van der Waals surface area contributed by atoms with Gasteiger partial charge in [0.15, 0.2) is 6.29 Å². The number of amides is 1. The van der Waals surface area contributed by atoms with E-state index in [9.17, 15) is 9.18 Å². The van der Waals surface area contributed by atoms with Gasteiger partial charge in [0.2, 0.25) is 0 Å². The van der Waals surface area contributed by atoms with E-state index >= 15 is 0 Å². The van der Waals surface area contributed by atoms with Crippen molar-refractivity contribution >= 4 is 17.8 Å². The van der Waals surface area contributed by atoms with Crippen molar-refractivity contribution in [3.8, 4) is 0 Å². The minimum Gasteiger partial charge on any atom is -0.365 e. The average molecular weight is 470 g/mol. The molecule has 4 rings (SSSR count). The molecule has 34 heavy (non-hydrogen) atoms. The van der Waals surface area contributed by atoms with E-state index in [1.165, 1.54) is 12.1 Å². The number of piperidine rings is 1. The summed E-state index contributed by atoms with van der Waals surface area (Å²) in [7, 11) is 0. The summed E-state index contributed by atoms with van der Waals surface area (Å²) in [6, 6.07) is 7.09. The molecule has 0 radical (unpaired) electrons. The quantitative estimate of drug-likeness (QED) is 0.430. The van der Waals surface area contributed by atoms with Crippen molar-refractivity contribution in [2.24, 2.45) is 0 Å². The Balaban J connectivity index is 1.19. The number of halogens is 1. The lowest BCUT2D eigenvalue weighted by atomic mass is 10.0. The topological polar surface area (TPSA) is 88.6 Å². The van der Waals surface area contributed by atoms with E-state index in [1.54, 1.807) is 30.6 Å². The van der Waals surface area contributed by atoms with Crippen LogP contribution in [0.15, 0.2) is 42.7 Å². The monoisotopic (exact) mass is 469 g/mol. The van der Waals surface area contributed by atoms with Crippen LogP contribution in [0, 0.1) is 5.82 Å². The van der Waals surface area contributed by atoms with Gasteiger partial charge in [-0.05, 0) is 62.4 Å². The number of hydrogen-bond donors (Lipinski definition) is 2. The van der Waals surface area contributed by atoms with Crippen molar-refractivity contribution in [1.29, 1.82) is 0 Å². The van der Waals surface area contributed by atoms with Gasteiger partial charge in [0.25, 0.3) is 5.91 Å². The zero-order chi connectivity index (χ0) is 23.6. The van der Waals surface area contributed by atoms with Gasteiger partial charge < -0.3 is 15.0 Å². The Kier molecular flexibility index (Phi) is 8.95. The molecule has 182 valence electrons. The fourth-order valence-corrected chi connectivity index (χ4v) is 4.19. The highest BCUT2D eigenvalue weighted by atomic mass is 19.1. The third-order valence-corrected chi connectivity index (χ3v) is 5.97. The second-order valence-electron chi connectivity index (χ2n) is 8.70. The summed E-state index contributed by atoms with van der Waals surface area (Å²) in [6.07, 6.45) is 11.7. The van der Waals surface area contributed by atoms with Gasteiger partial charge in [0.1, 0.15) is 11.6 Å². The molecule has 3 heterocycles. The summed E-state index contributed by atoms with van der Waals surface area (Å²) in [5.74, 6) is 0.144. The van der Waals surface area contributed by atoms with E-state index in [2.05, 4.69) is 25.7 Å². The number of hydroxylamine groups is 1. The third-order valence-electron chi connectivity index (χ3n) is 5.97. The molecule has 2 fully saturated rings. The zero-order valence-corrected chi connectivity index (χ0v) is 19.3. The molecule has 2 aliphatic rings. The second-order valence-corrected chi connectivity index (χ2v) is 8.70. The number of aromatic nitrogens is 2. The Labute approximate surface area is 199 Å². The largest absolute Gasteiger partial charge is 0.365 e. The van der Waals surface area contributed by atoms with Crippen molar-refractivity contribution < 1.29 is 18.8 Å². The lowest BCUT2D eigenvalue weighted by Crippen LogP contribution is -2.43. The molecular formula is C25H32FN5O3. The van der Waals surface area contributed by atoms with E-state index < -0.39 is 0 Å². The number of anilines is 1. The van der Waals surface area contributed by atoms with Crippen LogP contribution < -0.4 is 10.8 Å². The zero-order valence-electron chi connectivity index (χ0n) is 19.3. The van der Waals surface area contributed by atoms with Crippen molar-refractivity contribution in [1.82, 2.24) is 20.3 Å². The number of ether oxygens (including phenoxy) is 1. The fourth-order valence-electron chi connectivity index (χ4n) is 4.19. The van der Waals surface area contributed by atoms with Gasteiger partial charge in [-0.15, -0.1) is 0 Å². The summed E-state index contributed by atoms with van der Waals surface area (Å²) in [6.45, 7) is 3.50. The van der Waals surface area contributed by atoms with E-state index in [0.29, 0.717) is 18.1 Å². The first kappa shape index (κ1) is 24.3. The van der Waals surface area contributed by atoms with E-state index in [-0.39, 0.29) is 24.1 Å². The van der Waals surface area contributed by atoms with Crippen molar-refractivity contribution in [2.75, 3.05) is 31.6 Å². The molecule has 0 saturated carbocycles. The Hall–Kier alpha value is -2.88. The summed E-state index contributed by atoms with van der Waals surface area (Å²) in [5, 5.41) is 3.45. The third kappa shape index (κ3) is 7.86. The van der Waals surface area contributed by atoms with E-state index in [1.807, 2.05) is 6.07 Å². The second kappa shape index (κ2) is 12.5. The summed E-state index contributed by atoms with van der Waals surface area (Å²) in [4.78, 5) is 28.4. The lowest BCUT2D eigenvalue weighted by molar-refractivity contribution is -0.198. The van der Waals surface area contributed by atoms with Crippen LogP contribution >= 0.6 is 0 Å². The number of likely N-dealkylation sites (tertiary alicyclic amines) is 1. The summed E-state index contributed by atoms with van der Waals surface area (Å²) >= 11 is 0. The van der Waals surface area contributed by atoms with Crippen LogP contribution in [0.4, 0.5) is 10.2 Å². The molecule has 0 bridgehead atoms. The Bertz CT molecular complexity index is 950. The Morgan fingerprint density at radius 3 is 2.97 bits per heavy atom. The molecule has 2 aromatic rings. The molecule has 0 spiro atoms. The van der Waals surface area contributed by atoms with Crippen LogP contribution in [0.2, 0.25) is 0 Å². The number of benzene rings is 1. The molecule has 8 nitrogen and oxygen atoms in total. The van der Waals surface area contributed by atoms with Crippen LogP contribution in [-0.2, 0) is 20.8 Å². The number of hydrogen-bond acceptors (Lipinski definition) is 7.